The van der Waals surface area contributed by atoms with E-state index in [1.165, 1.54) is 27.5 Å². The highest BCUT2D eigenvalue weighted by molar-refractivity contribution is 5.87. The third-order valence-corrected chi connectivity index (χ3v) is 6.81. The van der Waals surface area contributed by atoms with E-state index >= 15 is 0 Å². The SMILES string of the molecule is C[C@@H](NC(=O)CN1CCc2ccccc2[C@H]1Cc1ccccc1)c1cccc2ccccc12. The lowest BCUT2D eigenvalue weighted by Crippen LogP contribution is -2.43. The summed E-state index contributed by atoms with van der Waals surface area (Å²) < 4.78 is 0. The van der Waals surface area contributed by atoms with Crippen LogP contribution < -0.4 is 5.32 Å². The molecular weight excluding hydrogens is 404 g/mol. The molecule has 5 rings (SSSR count). The molecule has 0 bridgehead atoms. The van der Waals surface area contributed by atoms with E-state index in [4.69, 9.17) is 0 Å². The number of hydrogen-bond acceptors (Lipinski definition) is 2. The van der Waals surface area contributed by atoms with Crippen molar-refractivity contribution >= 4 is 16.7 Å². The average Bonchev–Trinajstić information content (AvgIpc) is 2.85. The largest absolute Gasteiger partial charge is 0.348 e. The highest BCUT2D eigenvalue weighted by Crippen LogP contribution is 2.32. The van der Waals surface area contributed by atoms with Gasteiger partial charge in [-0.1, -0.05) is 97.1 Å². The zero-order valence-electron chi connectivity index (χ0n) is 19.1. The standard InChI is InChI=1S/C30H30N2O/c1-22(26-17-9-14-24-12-5-7-15-27(24)26)31-30(33)21-32-19-18-25-13-6-8-16-28(25)29(32)20-23-10-3-2-4-11-23/h2-17,22,29H,18-21H2,1H3,(H,31,33)/t22-,29-/m1/s1. The predicted octanol–water partition coefficient (Wildman–Crippen LogP) is 5.86. The summed E-state index contributed by atoms with van der Waals surface area (Å²) >= 11 is 0. The van der Waals surface area contributed by atoms with Gasteiger partial charge in [0.2, 0.25) is 5.91 Å². The quantitative estimate of drug-likeness (QED) is 0.412. The summed E-state index contributed by atoms with van der Waals surface area (Å²) in [7, 11) is 0. The van der Waals surface area contributed by atoms with E-state index in [-0.39, 0.29) is 18.0 Å². The lowest BCUT2D eigenvalue weighted by molar-refractivity contribution is -0.123. The van der Waals surface area contributed by atoms with Gasteiger partial charge in [0.15, 0.2) is 0 Å². The summed E-state index contributed by atoms with van der Waals surface area (Å²) in [5, 5.41) is 5.66. The number of rotatable bonds is 6. The number of nitrogens with one attached hydrogen (secondary N) is 1. The Morgan fingerprint density at radius 1 is 0.909 bits per heavy atom. The Bertz CT molecular complexity index is 1250. The molecule has 0 aromatic heterocycles. The molecule has 1 aliphatic rings. The number of fused-ring (bicyclic) bond motifs is 2. The van der Waals surface area contributed by atoms with Crippen LogP contribution in [-0.4, -0.2) is 23.9 Å². The van der Waals surface area contributed by atoms with Crippen molar-refractivity contribution in [2.45, 2.75) is 31.8 Å². The Hall–Kier alpha value is -3.43. The zero-order valence-corrected chi connectivity index (χ0v) is 19.1. The van der Waals surface area contributed by atoms with Gasteiger partial charge >= 0.3 is 0 Å². The Morgan fingerprint density at radius 2 is 1.64 bits per heavy atom. The van der Waals surface area contributed by atoms with Crippen molar-refractivity contribution in [2.75, 3.05) is 13.1 Å². The van der Waals surface area contributed by atoms with Gasteiger partial charge in [0, 0.05) is 12.6 Å². The van der Waals surface area contributed by atoms with Crippen molar-refractivity contribution in [1.29, 1.82) is 0 Å². The Labute approximate surface area is 196 Å². The molecule has 0 spiro atoms. The average molecular weight is 435 g/mol. The molecule has 4 aromatic rings. The van der Waals surface area contributed by atoms with Crippen LogP contribution in [0.5, 0.6) is 0 Å². The maximum atomic E-state index is 13.2. The van der Waals surface area contributed by atoms with Gasteiger partial charge in [-0.15, -0.1) is 0 Å². The minimum absolute atomic E-state index is 0.0479. The first kappa shape index (κ1) is 21.4. The van der Waals surface area contributed by atoms with E-state index in [0.717, 1.165) is 24.9 Å². The highest BCUT2D eigenvalue weighted by Gasteiger charge is 2.29. The molecule has 1 heterocycles. The summed E-state index contributed by atoms with van der Waals surface area (Å²) in [6, 6.07) is 34.1. The third-order valence-electron chi connectivity index (χ3n) is 6.81. The van der Waals surface area contributed by atoms with Crippen LogP contribution in [0, 0.1) is 0 Å². The topological polar surface area (TPSA) is 32.3 Å². The molecule has 0 unspecified atom stereocenters. The lowest BCUT2D eigenvalue weighted by Gasteiger charge is -2.37. The second kappa shape index (κ2) is 9.60. The molecule has 1 N–H and O–H groups in total. The van der Waals surface area contributed by atoms with E-state index in [9.17, 15) is 4.79 Å². The molecule has 0 fully saturated rings. The molecule has 0 aliphatic carbocycles. The second-order valence-electron chi connectivity index (χ2n) is 8.98. The van der Waals surface area contributed by atoms with E-state index in [1.807, 2.05) is 0 Å². The second-order valence-corrected chi connectivity index (χ2v) is 8.98. The molecule has 33 heavy (non-hydrogen) atoms. The number of hydrogen-bond donors (Lipinski definition) is 1. The number of nitrogens with zero attached hydrogens (tertiary/aromatic N) is 1. The van der Waals surface area contributed by atoms with Crippen LogP contribution in [0.2, 0.25) is 0 Å². The highest BCUT2D eigenvalue weighted by atomic mass is 16.2. The summed E-state index contributed by atoms with van der Waals surface area (Å²) in [6.07, 6.45) is 1.89. The van der Waals surface area contributed by atoms with Gasteiger partial charge in [0.05, 0.1) is 12.6 Å². The predicted molar refractivity (Wildman–Crippen MR) is 135 cm³/mol. The van der Waals surface area contributed by atoms with E-state index in [1.54, 1.807) is 0 Å². The Morgan fingerprint density at radius 3 is 2.52 bits per heavy atom. The third kappa shape index (κ3) is 4.69. The number of carbonyl (C=O) groups is 1. The van der Waals surface area contributed by atoms with Gasteiger partial charge < -0.3 is 5.32 Å². The minimum atomic E-state index is -0.0479. The molecule has 0 radical (unpaired) electrons. The lowest BCUT2D eigenvalue weighted by atomic mass is 9.88. The molecule has 0 saturated carbocycles. The molecule has 166 valence electrons. The molecule has 1 amide bonds. The van der Waals surface area contributed by atoms with Crippen molar-refractivity contribution in [1.82, 2.24) is 10.2 Å². The van der Waals surface area contributed by atoms with Crippen molar-refractivity contribution in [3.05, 3.63) is 119 Å². The van der Waals surface area contributed by atoms with Crippen LogP contribution in [0.3, 0.4) is 0 Å². The van der Waals surface area contributed by atoms with Crippen molar-refractivity contribution in [3.63, 3.8) is 0 Å². The van der Waals surface area contributed by atoms with Crippen molar-refractivity contribution in [3.8, 4) is 0 Å². The molecule has 0 saturated heterocycles. The van der Waals surface area contributed by atoms with Gasteiger partial charge in [-0.2, -0.15) is 0 Å². The number of amides is 1. The molecule has 4 aromatic carbocycles. The fraction of sp³-hybridized carbons (Fsp3) is 0.233. The van der Waals surface area contributed by atoms with E-state index < -0.39 is 0 Å². The summed E-state index contributed by atoms with van der Waals surface area (Å²) in [5.74, 6) is 0.0767. The van der Waals surface area contributed by atoms with E-state index in [0.29, 0.717) is 6.54 Å². The zero-order chi connectivity index (χ0) is 22.6. The maximum absolute atomic E-state index is 13.2. The van der Waals surface area contributed by atoms with Gasteiger partial charge in [-0.05, 0) is 52.8 Å². The van der Waals surface area contributed by atoms with E-state index in [2.05, 4.69) is 114 Å². The van der Waals surface area contributed by atoms with Gasteiger partial charge in [0.25, 0.3) is 0 Å². The Balaban J connectivity index is 1.34. The fourth-order valence-corrected chi connectivity index (χ4v) is 5.15. The van der Waals surface area contributed by atoms with Crippen LogP contribution >= 0.6 is 0 Å². The van der Waals surface area contributed by atoms with Crippen LogP contribution in [0.4, 0.5) is 0 Å². The summed E-state index contributed by atoms with van der Waals surface area (Å²) in [6.45, 7) is 3.37. The van der Waals surface area contributed by atoms with Gasteiger partial charge in [-0.3, -0.25) is 9.69 Å². The van der Waals surface area contributed by atoms with Crippen LogP contribution in [0.15, 0.2) is 97.1 Å². The number of benzene rings is 4. The van der Waals surface area contributed by atoms with Crippen LogP contribution in [0.1, 0.15) is 41.3 Å². The first-order valence-electron chi connectivity index (χ1n) is 11.8. The normalized spacial score (nSPS) is 16.8. The van der Waals surface area contributed by atoms with Crippen molar-refractivity contribution in [2.24, 2.45) is 0 Å². The summed E-state index contributed by atoms with van der Waals surface area (Å²) in [5.41, 5.74) is 5.21. The monoisotopic (exact) mass is 434 g/mol. The van der Waals surface area contributed by atoms with Crippen LogP contribution in [0.25, 0.3) is 10.8 Å². The summed E-state index contributed by atoms with van der Waals surface area (Å²) in [4.78, 5) is 15.5. The van der Waals surface area contributed by atoms with Crippen molar-refractivity contribution < 1.29 is 4.79 Å². The first-order valence-corrected chi connectivity index (χ1v) is 11.8. The van der Waals surface area contributed by atoms with Gasteiger partial charge in [0.1, 0.15) is 0 Å². The smallest absolute Gasteiger partial charge is 0.234 e. The molecule has 2 atom stereocenters. The fourth-order valence-electron chi connectivity index (χ4n) is 5.15. The minimum Gasteiger partial charge on any atom is -0.348 e. The molecule has 3 heteroatoms. The van der Waals surface area contributed by atoms with Gasteiger partial charge in [-0.25, -0.2) is 0 Å². The number of carbonyl (C=O) groups excluding carboxylic acids is 1. The molecular formula is C30H30N2O. The molecule has 1 aliphatic heterocycles. The Kier molecular flexibility index (Phi) is 6.23. The molecule has 3 nitrogen and oxygen atoms in total. The first-order chi connectivity index (χ1) is 16.2. The maximum Gasteiger partial charge on any atom is 0.234 e. The van der Waals surface area contributed by atoms with Crippen LogP contribution in [-0.2, 0) is 17.6 Å².